The maximum Gasteiger partial charge on any atom is -0.00822 e. The lowest BCUT2D eigenvalue weighted by Crippen LogP contribution is -1.91. The van der Waals surface area contributed by atoms with E-state index in [1.807, 2.05) is 0 Å². The second-order valence-corrected chi connectivity index (χ2v) is 4.30. The average Bonchev–Trinajstić information content (AvgIpc) is 2.55. The number of hydrogen-bond acceptors (Lipinski definition) is 0. The summed E-state index contributed by atoms with van der Waals surface area (Å²) in [4.78, 5) is 0. The zero-order chi connectivity index (χ0) is 11.0. The number of fused-ring (bicyclic) bond motifs is 3. The van der Waals surface area contributed by atoms with Crippen LogP contribution < -0.4 is 0 Å². The molecule has 0 atom stereocenters. The van der Waals surface area contributed by atoms with Gasteiger partial charge in [0.15, 0.2) is 0 Å². The van der Waals surface area contributed by atoms with Crippen LogP contribution in [0.5, 0.6) is 0 Å². The van der Waals surface area contributed by atoms with E-state index in [1.54, 1.807) is 0 Å². The van der Waals surface area contributed by atoms with E-state index in [2.05, 4.69) is 61.6 Å². The molecule has 16 heavy (non-hydrogen) atoms. The molecule has 0 unspecified atom stereocenters. The molecule has 0 amide bonds. The highest BCUT2D eigenvalue weighted by atomic mass is 14.1. The van der Waals surface area contributed by atoms with E-state index in [0.717, 1.165) is 6.42 Å². The van der Waals surface area contributed by atoms with Gasteiger partial charge < -0.3 is 0 Å². The number of aryl methyl sites for hydroxylation is 1. The Morgan fingerprint density at radius 2 is 1.81 bits per heavy atom. The van der Waals surface area contributed by atoms with Crippen molar-refractivity contribution < 1.29 is 0 Å². The second-order valence-electron chi connectivity index (χ2n) is 4.30. The molecule has 0 nitrogen and oxygen atoms in total. The van der Waals surface area contributed by atoms with Crippen LogP contribution in [0.25, 0.3) is 16.8 Å². The van der Waals surface area contributed by atoms with Gasteiger partial charge in [0.2, 0.25) is 0 Å². The van der Waals surface area contributed by atoms with Gasteiger partial charge in [-0.3, -0.25) is 0 Å². The third kappa shape index (κ3) is 1.38. The molecular formula is C16H14. The Morgan fingerprint density at radius 3 is 2.69 bits per heavy atom. The number of allylic oxidation sites excluding steroid dienone is 3. The Bertz CT molecular complexity index is 601. The molecule has 0 radical (unpaired) electrons. The van der Waals surface area contributed by atoms with Crippen molar-refractivity contribution in [2.45, 2.75) is 13.3 Å². The fourth-order valence-corrected chi connectivity index (χ4v) is 2.44. The van der Waals surface area contributed by atoms with Crippen molar-refractivity contribution in [3.8, 4) is 0 Å². The van der Waals surface area contributed by atoms with E-state index in [4.69, 9.17) is 0 Å². The fraction of sp³-hybridized carbons (Fsp3) is 0.125. The number of hydrogen-bond donors (Lipinski definition) is 0. The maximum absolute atomic E-state index is 2.29. The molecule has 0 heterocycles. The first-order valence-corrected chi connectivity index (χ1v) is 5.71. The molecule has 1 aliphatic rings. The third-order valence-corrected chi connectivity index (χ3v) is 3.24. The van der Waals surface area contributed by atoms with Crippen LogP contribution in [-0.4, -0.2) is 0 Å². The van der Waals surface area contributed by atoms with E-state index in [-0.39, 0.29) is 0 Å². The predicted octanol–water partition coefficient (Wildman–Crippen LogP) is 4.27. The van der Waals surface area contributed by atoms with Gasteiger partial charge in [-0.2, -0.15) is 0 Å². The molecule has 1 aliphatic carbocycles. The summed E-state index contributed by atoms with van der Waals surface area (Å²) in [6.07, 6.45) is 9.72. The van der Waals surface area contributed by atoms with Crippen molar-refractivity contribution in [1.29, 1.82) is 0 Å². The molecule has 0 spiro atoms. The van der Waals surface area contributed by atoms with Crippen molar-refractivity contribution in [1.82, 2.24) is 0 Å². The maximum atomic E-state index is 2.29. The third-order valence-electron chi connectivity index (χ3n) is 3.24. The SMILES string of the molecule is Cc1cc2c(c3ccccc13)CC=CC=C2. The molecule has 2 aromatic rings. The molecule has 0 fully saturated rings. The molecule has 0 aliphatic heterocycles. The molecule has 0 saturated carbocycles. The first kappa shape index (κ1) is 9.41. The highest BCUT2D eigenvalue weighted by Gasteiger charge is 2.07. The van der Waals surface area contributed by atoms with E-state index in [0.29, 0.717) is 0 Å². The van der Waals surface area contributed by atoms with Crippen molar-refractivity contribution in [2.75, 3.05) is 0 Å². The van der Waals surface area contributed by atoms with Crippen LogP contribution in [0.15, 0.2) is 48.6 Å². The summed E-state index contributed by atoms with van der Waals surface area (Å²) < 4.78 is 0. The van der Waals surface area contributed by atoms with Crippen molar-refractivity contribution in [3.63, 3.8) is 0 Å². The second kappa shape index (κ2) is 3.64. The number of rotatable bonds is 0. The lowest BCUT2D eigenvalue weighted by Gasteiger charge is -2.11. The van der Waals surface area contributed by atoms with Gasteiger partial charge in [-0.05, 0) is 40.8 Å². The first-order chi connectivity index (χ1) is 7.86. The van der Waals surface area contributed by atoms with Gasteiger partial charge in [0, 0.05) is 0 Å². The van der Waals surface area contributed by atoms with Gasteiger partial charge in [-0.1, -0.05) is 54.6 Å². The summed E-state index contributed by atoms with van der Waals surface area (Å²) in [7, 11) is 0. The van der Waals surface area contributed by atoms with Gasteiger partial charge in [0.05, 0.1) is 0 Å². The average molecular weight is 206 g/mol. The Balaban J connectivity index is 2.43. The summed E-state index contributed by atoms with van der Waals surface area (Å²) in [5.41, 5.74) is 4.17. The van der Waals surface area contributed by atoms with Crippen LogP contribution in [0, 0.1) is 6.92 Å². The van der Waals surface area contributed by atoms with Crippen LogP contribution in [0.4, 0.5) is 0 Å². The quantitative estimate of drug-likeness (QED) is 0.603. The Kier molecular flexibility index (Phi) is 2.14. The van der Waals surface area contributed by atoms with Crippen LogP contribution >= 0.6 is 0 Å². The molecule has 0 saturated heterocycles. The van der Waals surface area contributed by atoms with Crippen LogP contribution in [0.3, 0.4) is 0 Å². The summed E-state index contributed by atoms with van der Waals surface area (Å²) in [6, 6.07) is 11.0. The van der Waals surface area contributed by atoms with Gasteiger partial charge in [-0.25, -0.2) is 0 Å². The normalized spacial score (nSPS) is 13.8. The van der Waals surface area contributed by atoms with E-state index < -0.39 is 0 Å². The highest BCUT2D eigenvalue weighted by molar-refractivity contribution is 5.91. The Morgan fingerprint density at radius 1 is 1.00 bits per heavy atom. The molecule has 3 rings (SSSR count). The first-order valence-electron chi connectivity index (χ1n) is 5.71. The summed E-state index contributed by atoms with van der Waals surface area (Å²) >= 11 is 0. The van der Waals surface area contributed by atoms with Gasteiger partial charge in [0.1, 0.15) is 0 Å². The molecule has 0 aromatic heterocycles. The fourth-order valence-electron chi connectivity index (χ4n) is 2.44. The molecule has 0 heteroatoms. The standard InChI is InChI=1S/C16H14/c1-12-11-13-7-3-2-4-9-15(13)16-10-6-5-8-14(12)16/h2-8,10-11H,9H2,1H3. The molecule has 2 aromatic carbocycles. The minimum absolute atomic E-state index is 1.03. The summed E-state index contributed by atoms with van der Waals surface area (Å²) in [5.74, 6) is 0. The lowest BCUT2D eigenvalue weighted by atomic mass is 9.94. The molecular weight excluding hydrogens is 192 g/mol. The lowest BCUT2D eigenvalue weighted by molar-refractivity contribution is 1.29. The highest BCUT2D eigenvalue weighted by Crippen LogP contribution is 2.28. The largest absolute Gasteiger partial charge is 0.0801 e. The van der Waals surface area contributed by atoms with E-state index >= 15 is 0 Å². The zero-order valence-electron chi connectivity index (χ0n) is 9.40. The summed E-state index contributed by atoms with van der Waals surface area (Å²) in [5, 5.41) is 2.78. The van der Waals surface area contributed by atoms with Gasteiger partial charge >= 0.3 is 0 Å². The molecule has 0 N–H and O–H groups in total. The van der Waals surface area contributed by atoms with Crippen LogP contribution in [0.2, 0.25) is 0 Å². The molecule has 78 valence electrons. The van der Waals surface area contributed by atoms with Crippen molar-refractivity contribution >= 4 is 16.8 Å². The van der Waals surface area contributed by atoms with E-state index in [9.17, 15) is 0 Å². The van der Waals surface area contributed by atoms with Crippen LogP contribution in [0.1, 0.15) is 16.7 Å². The Hall–Kier alpha value is -1.82. The Labute approximate surface area is 95.9 Å². The number of benzene rings is 2. The molecule has 0 bridgehead atoms. The minimum Gasteiger partial charge on any atom is -0.0801 e. The topological polar surface area (TPSA) is 0 Å². The predicted molar refractivity (Wildman–Crippen MR) is 70.6 cm³/mol. The van der Waals surface area contributed by atoms with Crippen molar-refractivity contribution in [3.05, 3.63) is 65.3 Å². The van der Waals surface area contributed by atoms with Gasteiger partial charge in [-0.15, -0.1) is 0 Å². The summed E-state index contributed by atoms with van der Waals surface area (Å²) in [6.45, 7) is 2.19. The van der Waals surface area contributed by atoms with E-state index in [1.165, 1.54) is 27.5 Å². The van der Waals surface area contributed by atoms with Crippen LogP contribution in [-0.2, 0) is 6.42 Å². The minimum atomic E-state index is 1.03. The smallest absolute Gasteiger partial charge is 0.00822 e. The zero-order valence-corrected chi connectivity index (χ0v) is 9.40. The van der Waals surface area contributed by atoms with Gasteiger partial charge in [0.25, 0.3) is 0 Å². The monoisotopic (exact) mass is 206 g/mol. The van der Waals surface area contributed by atoms with Crippen molar-refractivity contribution in [2.24, 2.45) is 0 Å².